The van der Waals surface area contributed by atoms with Gasteiger partial charge in [-0.25, -0.2) is 14.2 Å². The van der Waals surface area contributed by atoms with Gasteiger partial charge in [-0.1, -0.05) is 18.2 Å². The van der Waals surface area contributed by atoms with E-state index in [9.17, 15) is 14.0 Å². The van der Waals surface area contributed by atoms with Gasteiger partial charge in [0.05, 0.1) is 0 Å². The molecule has 1 aliphatic rings. The predicted octanol–water partition coefficient (Wildman–Crippen LogP) is 4.52. The van der Waals surface area contributed by atoms with Crippen molar-refractivity contribution >= 4 is 39.8 Å². The van der Waals surface area contributed by atoms with E-state index < -0.39 is 6.03 Å². The first-order valence-corrected chi connectivity index (χ1v) is 9.67. The lowest BCUT2D eigenvalue weighted by Crippen LogP contribution is -2.35. The molecule has 1 aromatic heterocycles. The zero-order valence-corrected chi connectivity index (χ0v) is 15.6. The van der Waals surface area contributed by atoms with Crippen molar-refractivity contribution in [3.63, 3.8) is 0 Å². The molecule has 0 saturated heterocycles. The van der Waals surface area contributed by atoms with Gasteiger partial charge in [0.1, 0.15) is 11.5 Å². The van der Waals surface area contributed by atoms with Gasteiger partial charge in [0.15, 0.2) is 5.13 Å². The first kappa shape index (κ1) is 18.1. The lowest BCUT2D eigenvalue weighted by molar-refractivity contribution is 0.0981. The number of halogens is 1. The first-order chi connectivity index (χ1) is 13.6. The molecule has 0 radical (unpaired) electrons. The molecule has 6 nitrogen and oxygen atoms in total. The Morgan fingerprint density at radius 2 is 1.86 bits per heavy atom. The van der Waals surface area contributed by atoms with Gasteiger partial charge in [0, 0.05) is 23.3 Å². The molecule has 0 fully saturated rings. The van der Waals surface area contributed by atoms with Crippen LogP contribution in [0, 0.1) is 5.82 Å². The Hall–Kier alpha value is -3.26. The van der Waals surface area contributed by atoms with E-state index in [1.165, 1.54) is 35.6 Å². The summed E-state index contributed by atoms with van der Waals surface area (Å²) in [5, 5.41) is 7.13. The number of hydrogen-bond donors (Lipinski definition) is 2. The van der Waals surface area contributed by atoms with Crippen molar-refractivity contribution in [2.45, 2.75) is 12.8 Å². The molecule has 0 unspecified atom stereocenters. The maximum absolute atomic E-state index is 12.9. The van der Waals surface area contributed by atoms with E-state index in [4.69, 9.17) is 0 Å². The third-order valence-corrected chi connectivity index (χ3v) is 5.16. The summed E-state index contributed by atoms with van der Waals surface area (Å²) < 4.78 is 12.9. The number of urea groups is 1. The quantitative estimate of drug-likeness (QED) is 0.684. The molecular weight excluding hydrogens is 379 g/mol. The van der Waals surface area contributed by atoms with Gasteiger partial charge in [-0.05, 0) is 48.7 Å². The number of anilines is 3. The van der Waals surface area contributed by atoms with Crippen LogP contribution >= 0.6 is 11.3 Å². The monoisotopic (exact) mass is 396 g/mol. The zero-order chi connectivity index (χ0) is 19.5. The largest absolute Gasteiger partial charge is 0.325 e. The molecule has 0 bridgehead atoms. The highest BCUT2D eigenvalue weighted by atomic mass is 32.1. The number of benzene rings is 2. The molecule has 4 rings (SSSR count). The molecule has 2 heterocycles. The van der Waals surface area contributed by atoms with E-state index in [0.717, 1.165) is 24.1 Å². The Kier molecular flexibility index (Phi) is 5.03. The SMILES string of the molecule is O=C(Nc1ccc(F)cc1)Nc1nc(C(=O)N2CCCc3ccccc32)cs1. The third kappa shape index (κ3) is 3.86. The summed E-state index contributed by atoms with van der Waals surface area (Å²) in [6, 6.07) is 12.8. The number of carbonyl (C=O) groups excluding carboxylic acids is 2. The van der Waals surface area contributed by atoms with Crippen molar-refractivity contribution < 1.29 is 14.0 Å². The van der Waals surface area contributed by atoms with Crippen LogP contribution in [0.5, 0.6) is 0 Å². The standard InChI is InChI=1S/C20H17FN4O2S/c21-14-7-9-15(10-8-14)22-19(27)24-20-23-16(12-28-20)18(26)25-11-3-5-13-4-1-2-6-17(13)25/h1-2,4,6-10,12H,3,5,11H2,(H2,22,23,24,27). The molecule has 3 amide bonds. The van der Waals surface area contributed by atoms with Crippen LogP contribution in [0.1, 0.15) is 22.5 Å². The highest BCUT2D eigenvalue weighted by molar-refractivity contribution is 7.14. The maximum atomic E-state index is 12.9. The molecule has 0 atom stereocenters. The average molecular weight is 396 g/mol. The van der Waals surface area contributed by atoms with E-state index in [1.54, 1.807) is 10.3 Å². The average Bonchev–Trinajstić information content (AvgIpc) is 3.17. The van der Waals surface area contributed by atoms with E-state index in [1.807, 2.05) is 24.3 Å². The first-order valence-electron chi connectivity index (χ1n) is 8.79. The van der Waals surface area contributed by atoms with Gasteiger partial charge in [0.2, 0.25) is 0 Å². The van der Waals surface area contributed by atoms with Crippen molar-refractivity contribution in [1.29, 1.82) is 0 Å². The summed E-state index contributed by atoms with van der Waals surface area (Å²) in [5.41, 5.74) is 2.81. The number of rotatable bonds is 3. The van der Waals surface area contributed by atoms with Gasteiger partial charge in [-0.3, -0.25) is 10.1 Å². The lowest BCUT2D eigenvalue weighted by atomic mass is 10.0. The van der Waals surface area contributed by atoms with Crippen LogP contribution in [0.2, 0.25) is 0 Å². The number of hydrogen-bond acceptors (Lipinski definition) is 4. The molecule has 0 saturated carbocycles. The zero-order valence-electron chi connectivity index (χ0n) is 14.8. The van der Waals surface area contributed by atoms with Crippen LogP contribution in [0.25, 0.3) is 0 Å². The van der Waals surface area contributed by atoms with Crippen LogP contribution in [0.3, 0.4) is 0 Å². The number of amides is 3. The van der Waals surface area contributed by atoms with Crippen molar-refractivity contribution in [3.05, 3.63) is 71.0 Å². The highest BCUT2D eigenvalue weighted by Crippen LogP contribution is 2.28. The summed E-state index contributed by atoms with van der Waals surface area (Å²) in [4.78, 5) is 30.9. The van der Waals surface area contributed by atoms with Crippen molar-refractivity contribution in [3.8, 4) is 0 Å². The predicted molar refractivity (Wildman–Crippen MR) is 108 cm³/mol. The van der Waals surface area contributed by atoms with Gasteiger partial charge >= 0.3 is 6.03 Å². The molecule has 3 aromatic rings. The number of fused-ring (bicyclic) bond motifs is 1. The number of aromatic nitrogens is 1. The molecule has 142 valence electrons. The van der Waals surface area contributed by atoms with Gasteiger partial charge in [-0.2, -0.15) is 0 Å². The van der Waals surface area contributed by atoms with E-state index in [-0.39, 0.29) is 11.7 Å². The van der Waals surface area contributed by atoms with Gasteiger partial charge in [0.25, 0.3) is 5.91 Å². The molecule has 2 aromatic carbocycles. The Balaban J connectivity index is 1.43. The van der Waals surface area contributed by atoms with Crippen molar-refractivity contribution in [1.82, 2.24) is 4.98 Å². The van der Waals surface area contributed by atoms with Gasteiger partial charge < -0.3 is 10.2 Å². The Morgan fingerprint density at radius 3 is 2.68 bits per heavy atom. The Bertz CT molecular complexity index is 1020. The number of carbonyl (C=O) groups is 2. The minimum Gasteiger partial charge on any atom is -0.308 e. The Morgan fingerprint density at radius 1 is 1.07 bits per heavy atom. The fourth-order valence-corrected chi connectivity index (χ4v) is 3.78. The topological polar surface area (TPSA) is 74.3 Å². The number of aryl methyl sites for hydroxylation is 1. The maximum Gasteiger partial charge on any atom is 0.325 e. The molecule has 0 spiro atoms. The van der Waals surface area contributed by atoms with Crippen molar-refractivity contribution in [2.75, 3.05) is 22.1 Å². The smallest absolute Gasteiger partial charge is 0.308 e. The Labute approximate surface area is 165 Å². The number of para-hydroxylation sites is 1. The second kappa shape index (κ2) is 7.77. The molecule has 28 heavy (non-hydrogen) atoms. The number of nitrogens with zero attached hydrogens (tertiary/aromatic N) is 2. The van der Waals surface area contributed by atoms with E-state index >= 15 is 0 Å². The summed E-state index contributed by atoms with van der Waals surface area (Å²) in [6.07, 6.45) is 1.85. The van der Waals surface area contributed by atoms with E-state index in [0.29, 0.717) is 23.1 Å². The minimum absolute atomic E-state index is 0.185. The summed E-state index contributed by atoms with van der Waals surface area (Å²) in [7, 11) is 0. The van der Waals surface area contributed by atoms with Crippen LogP contribution in [-0.4, -0.2) is 23.5 Å². The fourth-order valence-electron chi connectivity index (χ4n) is 3.10. The summed E-state index contributed by atoms with van der Waals surface area (Å²) in [5.74, 6) is -0.566. The molecule has 1 aliphatic heterocycles. The van der Waals surface area contributed by atoms with Crippen LogP contribution < -0.4 is 15.5 Å². The van der Waals surface area contributed by atoms with E-state index in [2.05, 4.69) is 15.6 Å². The third-order valence-electron chi connectivity index (χ3n) is 4.40. The van der Waals surface area contributed by atoms with Crippen molar-refractivity contribution in [2.24, 2.45) is 0 Å². The second-order valence-corrected chi connectivity index (χ2v) is 7.17. The molecular formula is C20H17FN4O2S. The molecule has 0 aliphatic carbocycles. The highest BCUT2D eigenvalue weighted by Gasteiger charge is 2.25. The minimum atomic E-state index is -0.511. The number of nitrogens with one attached hydrogen (secondary N) is 2. The fraction of sp³-hybridized carbons (Fsp3) is 0.150. The summed E-state index contributed by atoms with van der Waals surface area (Å²) in [6.45, 7) is 0.640. The summed E-state index contributed by atoms with van der Waals surface area (Å²) >= 11 is 1.17. The van der Waals surface area contributed by atoms with Gasteiger partial charge in [-0.15, -0.1) is 11.3 Å². The van der Waals surface area contributed by atoms with Crippen LogP contribution in [0.4, 0.5) is 25.7 Å². The number of thiazole rings is 1. The normalized spacial score (nSPS) is 13.0. The lowest BCUT2D eigenvalue weighted by Gasteiger charge is -2.28. The van der Waals surface area contributed by atoms with Crippen LogP contribution in [-0.2, 0) is 6.42 Å². The molecule has 2 N–H and O–H groups in total. The van der Waals surface area contributed by atoms with Crippen LogP contribution in [0.15, 0.2) is 53.9 Å². The second-order valence-electron chi connectivity index (χ2n) is 6.31. The molecule has 8 heteroatoms.